The van der Waals surface area contributed by atoms with E-state index in [2.05, 4.69) is 0 Å². The van der Waals surface area contributed by atoms with Crippen molar-refractivity contribution in [3.63, 3.8) is 0 Å². The van der Waals surface area contributed by atoms with Gasteiger partial charge < -0.3 is 5.11 Å². The lowest BCUT2D eigenvalue weighted by Crippen LogP contribution is -2.04. The molecule has 0 unspecified atom stereocenters. The van der Waals surface area contributed by atoms with Crippen LogP contribution in [0.1, 0.15) is 20.8 Å². The molecule has 0 saturated heterocycles. The summed E-state index contributed by atoms with van der Waals surface area (Å²) in [5.74, 6) is -1.03. The number of nitrogens with zero attached hydrogens (tertiary/aromatic N) is 1. The van der Waals surface area contributed by atoms with E-state index in [1.54, 1.807) is 13.0 Å². The molecule has 0 spiro atoms. The maximum Gasteiger partial charge on any atom is 0.346 e. The molecule has 0 heterocycles. The number of hydrogen-bond donors (Lipinski definition) is 1. The van der Waals surface area contributed by atoms with Gasteiger partial charge in [-0.25, -0.2) is 4.79 Å². The van der Waals surface area contributed by atoms with Crippen LogP contribution >= 0.6 is 0 Å². The fourth-order valence-corrected chi connectivity index (χ4v) is 0.593. The van der Waals surface area contributed by atoms with E-state index in [0.29, 0.717) is 5.57 Å². The molecule has 0 aromatic heterocycles. The van der Waals surface area contributed by atoms with Gasteiger partial charge in [0.25, 0.3) is 0 Å². The Bertz CT molecular complexity index is 233. The van der Waals surface area contributed by atoms with E-state index < -0.39 is 5.97 Å². The smallest absolute Gasteiger partial charge is 0.346 e. The third kappa shape index (κ3) is 2.42. The lowest BCUT2D eigenvalue weighted by Gasteiger charge is -2.04. The Hall–Kier alpha value is -1.30. The Morgan fingerprint density at radius 2 is 2.00 bits per heavy atom. The van der Waals surface area contributed by atoms with Crippen LogP contribution in [0.25, 0.3) is 0 Å². The number of hydrogen-bond acceptors (Lipinski definition) is 2. The number of carbonyl (C=O) groups is 1. The number of nitriles is 1. The standard InChI is InChI=1S/C8H11NO2/c1-5(2)6(3)7(4-9)8(10)11/h5H,1-3H3,(H,10,11)/b7-6+. The van der Waals surface area contributed by atoms with Crippen molar-refractivity contribution < 1.29 is 9.90 Å². The molecule has 0 aliphatic carbocycles. The van der Waals surface area contributed by atoms with Gasteiger partial charge in [0.15, 0.2) is 0 Å². The molecular formula is C8H11NO2. The molecule has 0 aromatic carbocycles. The molecule has 0 aromatic rings. The molecule has 3 nitrogen and oxygen atoms in total. The summed E-state index contributed by atoms with van der Waals surface area (Å²) in [6.07, 6.45) is 0. The van der Waals surface area contributed by atoms with Gasteiger partial charge in [-0.2, -0.15) is 5.26 Å². The minimum absolute atomic E-state index is 0.112. The summed E-state index contributed by atoms with van der Waals surface area (Å²) in [6.45, 7) is 5.38. The van der Waals surface area contributed by atoms with Gasteiger partial charge in [-0.1, -0.05) is 13.8 Å². The second-order valence-corrected chi connectivity index (χ2v) is 2.63. The summed E-state index contributed by atoms with van der Waals surface area (Å²) in [7, 11) is 0. The summed E-state index contributed by atoms with van der Waals surface area (Å²) >= 11 is 0. The van der Waals surface area contributed by atoms with Gasteiger partial charge in [0, 0.05) is 0 Å². The summed E-state index contributed by atoms with van der Waals surface area (Å²) in [5, 5.41) is 16.9. The van der Waals surface area contributed by atoms with Crippen molar-refractivity contribution in [2.45, 2.75) is 20.8 Å². The van der Waals surface area contributed by atoms with Crippen molar-refractivity contribution in [1.29, 1.82) is 5.26 Å². The molecule has 0 aliphatic rings. The lowest BCUT2D eigenvalue weighted by atomic mass is 10.00. The Morgan fingerprint density at radius 1 is 1.55 bits per heavy atom. The van der Waals surface area contributed by atoms with Crippen molar-refractivity contribution in [1.82, 2.24) is 0 Å². The zero-order chi connectivity index (χ0) is 9.02. The van der Waals surface area contributed by atoms with Crippen molar-refractivity contribution in [2.75, 3.05) is 0 Å². The first-order chi connectivity index (χ1) is 5.00. The molecule has 1 N–H and O–H groups in total. The summed E-state index contributed by atoms with van der Waals surface area (Å²) in [4.78, 5) is 10.4. The number of carboxylic acid groups (broad SMARTS) is 1. The second kappa shape index (κ2) is 3.77. The lowest BCUT2D eigenvalue weighted by molar-refractivity contribution is -0.132. The van der Waals surface area contributed by atoms with Gasteiger partial charge >= 0.3 is 5.97 Å². The third-order valence-electron chi connectivity index (χ3n) is 1.59. The average Bonchev–Trinajstić information content (AvgIpc) is 1.88. The van der Waals surface area contributed by atoms with Crippen molar-refractivity contribution in [2.24, 2.45) is 5.92 Å². The fourth-order valence-electron chi connectivity index (χ4n) is 0.593. The van der Waals surface area contributed by atoms with Crippen LogP contribution in [0.5, 0.6) is 0 Å². The van der Waals surface area contributed by atoms with Gasteiger partial charge in [-0.05, 0) is 18.4 Å². The fraction of sp³-hybridized carbons (Fsp3) is 0.500. The first-order valence-corrected chi connectivity index (χ1v) is 3.34. The Morgan fingerprint density at radius 3 is 2.09 bits per heavy atom. The van der Waals surface area contributed by atoms with Crippen molar-refractivity contribution in [3.8, 4) is 6.07 Å². The highest BCUT2D eigenvalue weighted by Gasteiger charge is 2.12. The third-order valence-corrected chi connectivity index (χ3v) is 1.59. The first-order valence-electron chi connectivity index (χ1n) is 3.34. The van der Waals surface area contributed by atoms with Gasteiger partial charge in [-0.15, -0.1) is 0 Å². The highest BCUT2D eigenvalue weighted by atomic mass is 16.4. The quantitative estimate of drug-likeness (QED) is 0.483. The zero-order valence-electron chi connectivity index (χ0n) is 6.88. The van der Waals surface area contributed by atoms with Gasteiger partial charge in [0.05, 0.1) is 0 Å². The van der Waals surface area contributed by atoms with Crippen LogP contribution in [-0.4, -0.2) is 11.1 Å². The van der Waals surface area contributed by atoms with E-state index >= 15 is 0 Å². The number of aliphatic carboxylic acids is 1. The van der Waals surface area contributed by atoms with Crippen LogP contribution in [0.15, 0.2) is 11.1 Å². The molecule has 3 heteroatoms. The molecule has 0 bridgehead atoms. The molecular weight excluding hydrogens is 142 g/mol. The van der Waals surface area contributed by atoms with E-state index in [9.17, 15) is 4.79 Å². The van der Waals surface area contributed by atoms with E-state index in [1.165, 1.54) is 0 Å². The highest BCUT2D eigenvalue weighted by molar-refractivity contribution is 5.91. The molecule has 60 valence electrons. The zero-order valence-corrected chi connectivity index (χ0v) is 6.88. The Balaban J connectivity index is 4.88. The highest BCUT2D eigenvalue weighted by Crippen LogP contribution is 2.13. The second-order valence-electron chi connectivity index (χ2n) is 2.63. The maximum atomic E-state index is 10.4. The number of carboxylic acids is 1. The van der Waals surface area contributed by atoms with Gasteiger partial charge in [0.1, 0.15) is 11.6 Å². The molecule has 11 heavy (non-hydrogen) atoms. The first kappa shape index (κ1) is 9.70. The monoisotopic (exact) mass is 153 g/mol. The van der Waals surface area contributed by atoms with E-state index in [4.69, 9.17) is 10.4 Å². The Labute approximate surface area is 66.0 Å². The van der Waals surface area contributed by atoms with E-state index in [-0.39, 0.29) is 11.5 Å². The normalized spacial score (nSPS) is 12.3. The van der Waals surface area contributed by atoms with Crippen LogP contribution in [0.3, 0.4) is 0 Å². The number of allylic oxidation sites excluding steroid dienone is 1. The summed E-state index contributed by atoms with van der Waals surface area (Å²) < 4.78 is 0. The van der Waals surface area contributed by atoms with Gasteiger partial charge in [-0.3, -0.25) is 0 Å². The molecule has 0 aliphatic heterocycles. The maximum absolute atomic E-state index is 10.4. The predicted molar refractivity (Wildman–Crippen MR) is 40.8 cm³/mol. The summed E-state index contributed by atoms with van der Waals surface area (Å²) in [6, 6.07) is 1.66. The van der Waals surface area contributed by atoms with Crippen LogP contribution < -0.4 is 0 Å². The molecule has 0 fully saturated rings. The minimum atomic E-state index is -1.14. The largest absolute Gasteiger partial charge is 0.477 e. The SMILES string of the molecule is C/C(=C(/C#N)C(=O)O)C(C)C. The van der Waals surface area contributed by atoms with Crippen molar-refractivity contribution in [3.05, 3.63) is 11.1 Å². The van der Waals surface area contributed by atoms with E-state index in [1.807, 2.05) is 13.8 Å². The molecule has 0 saturated carbocycles. The predicted octanol–water partition coefficient (Wildman–Crippen LogP) is 1.57. The van der Waals surface area contributed by atoms with Gasteiger partial charge in [0.2, 0.25) is 0 Å². The van der Waals surface area contributed by atoms with Crippen molar-refractivity contribution >= 4 is 5.97 Å². The van der Waals surface area contributed by atoms with Crippen LogP contribution in [-0.2, 0) is 4.79 Å². The van der Waals surface area contributed by atoms with E-state index in [0.717, 1.165) is 0 Å². The molecule has 0 rings (SSSR count). The minimum Gasteiger partial charge on any atom is -0.477 e. The molecule has 0 radical (unpaired) electrons. The Kier molecular flexibility index (Phi) is 3.32. The average molecular weight is 153 g/mol. The summed E-state index contributed by atoms with van der Waals surface area (Å²) in [5.41, 5.74) is 0.486. The molecule has 0 atom stereocenters. The molecule has 0 amide bonds. The van der Waals surface area contributed by atoms with Crippen LogP contribution in [0.4, 0.5) is 0 Å². The van der Waals surface area contributed by atoms with Crippen LogP contribution in [0.2, 0.25) is 0 Å². The van der Waals surface area contributed by atoms with Crippen LogP contribution in [0, 0.1) is 17.2 Å². The topological polar surface area (TPSA) is 61.1 Å². The number of rotatable bonds is 2.